The van der Waals surface area contributed by atoms with Crippen molar-refractivity contribution in [3.63, 3.8) is 0 Å². The molecule has 3 rings (SSSR count). The monoisotopic (exact) mass is 313 g/mol. The predicted molar refractivity (Wildman–Crippen MR) is 87.6 cm³/mol. The van der Waals surface area contributed by atoms with Gasteiger partial charge in [0, 0.05) is 39.0 Å². The second kappa shape index (κ2) is 6.96. The van der Waals surface area contributed by atoms with Crippen LogP contribution in [-0.4, -0.2) is 38.6 Å². The lowest BCUT2D eigenvalue weighted by molar-refractivity contribution is -0.142. The summed E-state index contributed by atoms with van der Waals surface area (Å²) in [5.41, 5.74) is 0.656. The zero-order valence-electron chi connectivity index (χ0n) is 13.4. The Hall–Kier alpha value is -2.14. The molecule has 0 radical (unpaired) electrons. The second-order valence-corrected chi connectivity index (χ2v) is 6.26. The number of rotatable bonds is 4. The highest BCUT2D eigenvalue weighted by atomic mass is 16.3. The number of likely N-dealkylation sites (tertiary alicyclic amines) is 1. The normalized spacial score (nSPS) is 19.6. The van der Waals surface area contributed by atoms with Crippen molar-refractivity contribution in [3.05, 3.63) is 54.1 Å². The largest absolute Gasteiger partial charge is 0.378 e. The van der Waals surface area contributed by atoms with E-state index in [2.05, 4.69) is 4.98 Å². The number of hydrogen-bond donors (Lipinski definition) is 1. The topological polar surface area (TPSA) is 58.4 Å². The Morgan fingerprint density at radius 3 is 2.87 bits per heavy atom. The standard InChI is InChI=1S/C18H23N3O2/c1-20-11-9-19-16(20)12-14-6-5-10-21(13-14)18(23)17(22)15-7-3-2-4-8-15/h2-4,7-9,11,14,17,22H,5-6,10,12-13H2,1H3. The first-order valence-electron chi connectivity index (χ1n) is 8.13. The first-order valence-corrected chi connectivity index (χ1v) is 8.13. The fraction of sp³-hybridized carbons (Fsp3) is 0.444. The van der Waals surface area contributed by atoms with Crippen molar-refractivity contribution in [2.45, 2.75) is 25.4 Å². The Bertz CT molecular complexity index is 653. The molecule has 2 unspecified atom stereocenters. The summed E-state index contributed by atoms with van der Waals surface area (Å²) in [6, 6.07) is 9.14. The van der Waals surface area contributed by atoms with E-state index >= 15 is 0 Å². The van der Waals surface area contributed by atoms with E-state index in [0.29, 0.717) is 18.0 Å². The van der Waals surface area contributed by atoms with Crippen LogP contribution in [0.5, 0.6) is 0 Å². The highest BCUT2D eigenvalue weighted by Gasteiger charge is 2.29. The fourth-order valence-electron chi connectivity index (χ4n) is 3.23. The average molecular weight is 313 g/mol. The lowest BCUT2D eigenvalue weighted by Crippen LogP contribution is -2.43. The van der Waals surface area contributed by atoms with Gasteiger partial charge in [-0.3, -0.25) is 4.79 Å². The van der Waals surface area contributed by atoms with Crippen LogP contribution in [0.3, 0.4) is 0 Å². The summed E-state index contributed by atoms with van der Waals surface area (Å²) in [5, 5.41) is 10.3. The van der Waals surface area contributed by atoms with Gasteiger partial charge in [0.1, 0.15) is 5.82 Å². The molecular formula is C18H23N3O2. The first-order chi connectivity index (χ1) is 11.1. The number of hydrogen-bond acceptors (Lipinski definition) is 3. The fourth-order valence-corrected chi connectivity index (χ4v) is 3.23. The van der Waals surface area contributed by atoms with Crippen LogP contribution in [0.2, 0.25) is 0 Å². The number of benzene rings is 1. The lowest BCUT2D eigenvalue weighted by Gasteiger charge is -2.34. The van der Waals surface area contributed by atoms with Gasteiger partial charge in [-0.15, -0.1) is 0 Å². The molecule has 5 heteroatoms. The van der Waals surface area contributed by atoms with Crippen LogP contribution in [0.1, 0.15) is 30.3 Å². The molecule has 1 aliphatic rings. The Balaban J connectivity index is 1.64. The number of piperidine rings is 1. The molecule has 1 aromatic carbocycles. The van der Waals surface area contributed by atoms with Crippen LogP contribution in [0.25, 0.3) is 0 Å². The Morgan fingerprint density at radius 2 is 2.17 bits per heavy atom. The minimum absolute atomic E-state index is 0.194. The number of aryl methyl sites for hydroxylation is 1. The van der Waals surface area contributed by atoms with Crippen LogP contribution in [0.15, 0.2) is 42.7 Å². The van der Waals surface area contributed by atoms with E-state index in [1.54, 1.807) is 23.2 Å². The molecule has 1 aromatic heterocycles. The molecule has 1 amide bonds. The summed E-state index contributed by atoms with van der Waals surface area (Å²) in [4.78, 5) is 18.7. The molecular weight excluding hydrogens is 290 g/mol. The quantitative estimate of drug-likeness (QED) is 0.938. The minimum Gasteiger partial charge on any atom is -0.378 e. The van der Waals surface area contributed by atoms with Gasteiger partial charge in [-0.1, -0.05) is 30.3 Å². The van der Waals surface area contributed by atoms with Gasteiger partial charge in [0.2, 0.25) is 0 Å². The molecule has 1 aliphatic heterocycles. The van der Waals surface area contributed by atoms with E-state index in [1.165, 1.54) is 0 Å². The van der Waals surface area contributed by atoms with Gasteiger partial charge in [0.15, 0.2) is 6.10 Å². The van der Waals surface area contributed by atoms with Crippen LogP contribution in [0.4, 0.5) is 0 Å². The number of carbonyl (C=O) groups is 1. The maximum absolute atomic E-state index is 12.6. The summed E-state index contributed by atoms with van der Waals surface area (Å²) in [6.07, 6.45) is 5.62. The zero-order chi connectivity index (χ0) is 16.2. The molecule has 0 spiro atoms. The smallest absolute Gasteiger partial charge is 0.256 e. The van der Waals surface area contributed by atoms with Crippen molar-refractivity contribution >= 4 is 5.91 Å². The van der Waals surface area contributed by atoms with E-state index in [9.17, 15) is 9.90 Å². The molecule has 2 heterocycles. The Kier molecular flexibility index (Phi) is 4.76. The highest BCUT2D eigenvalue weighted by molar-refractivity contribution is 5.82. The SMILES string of the molecule is Cn1ccnc1CC1CCCN(C(=O)C(O)c2ccccc2)C1. The summed E-state index contributed by atoms with van der Waals surface area (Å²) < 4.78 is 2.03. The van der Waals surface area contributed by atoms with E-state index in [1.807, 2.05) is 36.0 Å². The number of aliphatic hydroxyl groups excluding tert-OH is 1. The maximum Gasteiger partial charge on any atom is 0.256 e. The molecule has 5 nitrogen and oxygen atoms in total. The van der Waals surface area contributed by atoms with Crippen molar-refractivity contribution in [1.29, 1.82) is 0 Å². The van der Waals surface area contributed by atoms with Gasteiger partial charge in [-0.05, 0) is 24.3 Å². The number of aromatic nitrogens is 2. The van der Waals surface area contributed by atoms with Crippen molar-refractivity contribution in [1.82, 2.24) is 14.5 Å². The molecule has 2 atom stereocenters. The first kappa shape index (κ1) is 15.7. The van der Waals surface area contributed by atoms with Crippen LogP contribution in [-0.2, 0) is 18.3 Å². The third-order valence-electron chi connectivity index (χ3n) is 4.57. The van der Waals surface area contributed by atoms with Crippen molar-refractivity contribution in [2.75, 3.05) is 13.1 Å². The van der Waals surface area contributed by atoms with Crippen molar-refractivity contribution < 1.29 is 9.90 Å². The van der Waals surface area contributed by atoms with Gasteiger partial charge in [0.25, 0.3) is 5.91 Å². The third kappa shape index (κ3) is 3.62. The molecule has 1 N–H and O–H groups in total. The van der Waals surface area contributed by atoms with Crippen molar-refractivity contribution in [2.24, 2.45) is 13.0 Å². The molecule has 0 bridgehead atoms. The van der Waals surface area contributed by atoms with Gasteiger partial charge in [-0.2, -0.15) is 0 Å². The van der Waals surface area contributed by atoms with Gasteiger partial charge in [-0.25, -0.2) is 4.98 Å². The van der Waals surface area contributed by atoms with Crippen LogP contribution < -0.4 is 0 Å². The number of aliphatic hydroxyl groups is 1. The van der Waals surface area contributed by atoms with E-state index in [0.717, 1.165) is 31.6 Å². The number of amides is 1. The van der Waals surface area contributed by atoms with Crippen LogP contribution in [0, 0.1) is 5.92 Å². The van der Waals surface area contributed by atoms with Gasteiger partial charge < -0.3 is 14.6 Å². The summed E-state index contributed by atoms with van der Waals surface area (Å²) >= 11 is 0. The lowest BCUT2D eigenvalue weighted by atomic mass is 9.93. The predicted octanol–water partition coefficient (Wildman–Crippen LogP) is 1.93. The third-order valence-corrected chi connectivity index (χ3v) is 4.57. The Morgan fingerprint density at radius 1 is 1.39 bits per heavy atom. The number of nitrogens with zero attached hydrogens (tertiary/aromatic N) is 3. The van der Waals surface area contributed by atoms with Crippen molar-refractivity contribution in [3.8, 4) is 0 Å². The molecule has 0 aliphatic carbocycles. The number of imidazole rings is 1. The molecule has 1 fully saturated rings. The Labute approximate surface area is 136 Å². The van der Waals surface area contributed by atoms with E-state index in [-0.39, 0.29) is 5.91 Å². The van der Waals surface area contributed by atoms with E-state index in [4.69, 9.17) is 0 Å². The molecule has 2 aromatic rings. The van der Waals surface area contributed by atoms with Crippen LogP contribution >= 0.6 is 0 Å². The average Bonchev–Trinajstić information content (AvgIpc) is 2.99. The molecule has 0 saturated carbocycles. The number of carbonyl (C=O) groups excluding carboxylic acids is 1. The second-order valence-electron chi connectivity index (χ2n) is 6.26. The zero-order valence-corrected chi connectivity index (χ0v) is 13.4. The summed E-state index contributed by atoms with van der Waals surface area (Å²) in [6.45, 7) is 1.41. The summed E-state index contributed by atoms with van der Waals surface area (Å²) in [5.74, 6) is 1.26. The molecule has 122 valence electrons. The molecule has 1 saturated heterocycles. The highest BCUT2D eigenvalue weighted by Crippen LogP contribution is 2.23. The maximum atomic E-state index is 12.6. The van der Waals surface area contributed by atoms with Gasteiger partial charge in [0.05, 0.1) is 0 Å². The van der Waals surface area contributed by atoms with Gasteiger partial charge >= 0.3 is 0 Å². The molecule has 23 heavy (non-hydrogen) atoms. The van der Waals surface area contributed by atoms with E-state index < -0.39 is 6.10 Å². The minimum atomic E-state index is -1.07. The summed E-state index contributed by atoms with van der Waals surface area (Å²) in [7, 11) is 1.99.